The van der Waals surface area contributed by atoms with E-state index in [4.69, 9.17) is 35.3 Å². The molecule has 2 N–H and O–H groups in total. The quantitative estimate of drug-likeness (QED) is 0.0781. The molecule has 17 heteroatoms. The number of Topliss-reactive ketones (excluding diaryl/α,β-unsaturated/α-hetero) is 1. The van der Waals surface area contributed by atoms with Gasteiger partial charge in [0.05, 0.1) is 25.3 Å². The van der Waals surface area contributed by atoms with Crippen molar-refractivity contribution >= 4 is 68.5 Å². The highest BCUT2D eigenvalue weighted by Crippen LogP contribution is 2.49. The molecule has 2 saturated heterocycles. The average molecular weight is 1050 g/mol. The fourth-order valence-electron chi connectivity index (χ4n) is 10.1. The number of hydrogen-bond donors (Lipinski definition) is 2. The molecule has 5 rings (SSSR count). The van der Waals surface area contributed by atoms with Gasteiger partial charge in [-0.15, -0.1) is 0 Å². The van der Waals surface area contributed by atoms with Crippen LogP contribution < -0.4 is 15.0 Å². The molecule has 398 valence electrons. The summed E-state index contributed by atoms with van der Waals surface area (Å²) < 4.78 is 29.4. The molecule has 3 amide bonds. The van der Waals surface area contributed by atoms with E-state index in [1.165, 1.54) is 75.4 Å². The van der Waals surface area contributed by atoms with Crippen molar-refractivity contribution in [1.29, 1.82) is 0 Å². The molecule has 1 aliphatic carbocycles. The number of ether oxygens (including phenoxy) is 5. The van der Waals surface area contributed by atoms with E-state index in [0.29, 0.717) is 35.8 Å². The lowest BCUT2D eigenvalue weighted by Gasteiger charge is -2.42. The molecule has 4 aliphatic rings. The van der Waals surface area contributed by atoms with Crippen LogP contribution in [0.15, 0.2) is 35.9 Å². The van der Waals surface area contributed by atoms with Gasteiger partial charge in [-0.05, 0) is 78.0 Å². The van der Waals surface area contributed by atoms with E-state index >= 15 is 0 Å². The Kier molecular flexibility index (Phi) is 22.1. The Morgan fingerprint density at radius 1 is 1.03 bits per heavy atom. The fourth-order valence-corrected chi connectivity index (χ4v) is 12.9. The number of halogens is 1. The highest BCUT2D eigenvalue weighted by molar-refractivity contribution is 8.77. The van der Waals surface area contributed by atoms with E-state index in [-0.39, 0.29) is 40.9 Å². The number of esters is 1. The zero-order valence-corrected chi connectivity index (χ0v) is 46.4. The number of allylic oxidation sites excluding steroid dienone is 3. The molecule has 1 aromatic carbocycles. The molecule has 1 saturated carbocycles. The second-order valence-electron chi connectivity index (χ2n) is 21.1. The number of hydrogen-bond acceptors (Lipinski definition) is 13. The van der Waals surface area contributed by atoms with E-state index in [1.807, 2.05) is 19.9 Å². The Bertz CT molecular complexity index is 2060. The zero-order valence-electron chi connectivity index (χ0n) is 44.0. The van der Waals surface area contributed by atoms with Crippen LogP contribution in [0.5, 0.6) is 5.75 Å². The SMILES string of the molecule is COc1cc2cc(c1Cl)N(C)C(=O)C[C@@H](OC(=O)[C@@H](C)N(C)C(=O)CCSSC(C)(C)CCC(=O)C1CCCCCCCCCCCC1)[C@@]1(C)O[C@@H]1[C@@H](C)[C@H]1C[C@](O)(NC(=O)O1)[C@@H](OC)/C=C/C=C(\C)C2. The predicted molar refractivity (Wildman–Crippen MR) is 283 cm³/mol. The summed E-state index contributed by atoms with van der Waals surface area (Å²) in [7, 11) is 9.36. The van der Waals surface area contributed by atoms with Crippen molar-refractivity contribution in [2.24, 2.45) is 11.8 Å². The summed E-state index contributed by atoms with van der Waals surface area (Å²) in [6, 6.07) is 2.59. The van der Waals surface area contributed by atoms with Crippen LogP contribution in [0.4, 0.5) is 10.5 Å². The first kappa shape index (κ1) is 58.6. The van der Waals surface area contributed by atoms with Gasteiger partial charge in [0.15, 0.2) is 5.72 Å². The Hall–Kier alpha value is -3.28. The Balaban J connectivity index is 1.25. The molecule has 14 nitrogen and oxygen atoms in total. The van der Waals surface area contributed by atoms with E-state index in [2.05, 4.69) is 19.2 Å². The molecule has 3 aliphatic heterocycles. The Morgan fingerprint density at radius 2 is 1.66 bits per heavy atom. The van der Waals surface area contributed by atoms with Crippen LogP contribution >= 0.6 is 33.2 Å². The summed E-state index contributed by atoms with van der Waals surface area (Å²) in [6.45, 7) is 11.4. The minimum Gasteiger partial charge on any atom is -0.495 e. The van der Waals surface area contributed by atoms with Gasteiger partial charge in [0.25, 0.3) is 0 Å². The molecule has 8 atom stereocenters. The van der Waals surface area contributed by atoms with Gasteiger partial charge in [-0.1, -0.05) is 128 Å². The number of alkyl carbamates (subject to hydrolysis) is 1. The summed E-state index contributed by atoms with van der Waals surface area (Å²) in [5, 5.41) is 14.6. The monoisotopic (exact) mass is 1050 g/mol. The average Bonchev–Trinajstić information content (AvgIpc) is 4.02. The summed E-state index contributed by atoms with van der Waals surface area (Å²) in [5.74, 6) is -0.528. The predicted octanol–water partition coefficient (Wildman–Crippen LogP) is 10.7. The van der Waals surface area contributed by atoms with E-state index in [1.54, 1.807) is 73.8 Å². The lowest BCUT2D eigenvalue weighted by molar-refractivity contribution is -0.162. The smallest absolute Gasteiger partial charge is 0.409 e. The van der Waals surface area contributed by atoms with Gasteiger partial charge in [0, 0.05) is 62.8 Å². The Morgan fingerprint density at radius 3 is 2.28 bits per heavy atom. The summed E-state index contributed by atoms with van der Waals surface area (Å²) in [6.07, 6.45) is 16.9. The van der Waals surface area contributed by atoms with Gasteiger partial charge >= 0.3 is 12.1 Å². The summed E-state index contributed by atoms with van der Waals surface area (Å²) >= 11 is 6.84. The van der Waals surface area contributed by atoms with Crippen molar-refractivity contribution in [3.05, 3.63) is 46.5 Å². The minimum atomic E-state index is -1.84. The number of fused-ring (bicyclic) bond motifs is 5. The first-order valence-corrected chi connectivity index (χ1v) is 28.5. The second-order valence-corrected chi connectivity index (χ2v) is 24.6. The molecular formula is C54H82ClN3O11S2. The molecule has 4 bridgehead atoms. The largest absolute Gasteiger partial charge is 0.495 e. The number of carbonyl (C=O) groups is 5. The van der Waals surface area contributed by atoms with Gasteiger partial charge in [-0.3, -0.25) is 19.7 Å². The third-order valence-corrected chi connectivity index (χ3v) is 18.7. The maximum absolute atomic E-state index is 14.4. The Labute approximate surface area is 436 Å². The maximum Gasteiger partial charge on any atom is 0.409 e. The van der Waals surface area contributed by atoms with Gasteiger partial charge in [0.1, 0.15) is 46.5 Å². The fraction of sp³-hybridized carbons (Fsp3) is 0.722. The number of nitrogens with zero attached hydrogens (tertiary/aromatic N) is 2. The number of aliphatic hydroxyl groups is 1. The molecule has 71 heavy (non-hydrogen) atoms. The molecule has 0 radical (unpaired) electrons. The first-order valence-electron chi connectivity index (χ1n) is 25.8. The lowest BCUT2D eigenvalue weighted by Crippen LogP contribution is -2.63. The topological polar surface area (TPSA) is 174 Å². The second kappa shape index (κ2) is 26.8. The van der Waals surface area contributed by atoms with Crippen molar-refractivity contribution < 1.29 is 52.8 Å². The minimum absolute atomic E-state index is 0.0596. The van der Waals surface area contributed by atoms with Crippen LogP contribution in [0.3, 0.4) is 0 Å². The van der Waals surface area contributed by atoms with Crippen molar-refractivity contribution in [1.82, 2.24) is 10.2 Å². The van der Waals surface area contributed by atoms with Crippen molar-refractivity contribution in [3.63, 3.8) is 0 Å². The molecule has 0 unspecified atom stereocenters. The molecular weight excluding hydrogens is 966 g/mol. The number of likely N-dealkylation sites (N-methyl/N-ethyl adjacent to an activating group) is 1. The number of ketones is 1. The number of anilines is 1. The third-order valence-electron chi connectivity index (χ3n) is 15.0. The first-order chi connectivity index (χ1) is 33.6. The van der Waals surface area contributed by atoms with Crippen molar-refractivity contribution in [2.45, 2.75) is 204 Å². The van der Waals surface area contributed by atoms with Gasteiger partial charge < -0.3 is 38.6 Å². The van der Waals surface area contributed by atoms with Gasteiger partial charge in [-0.25, -0.2) is 9.59 Å². The van der Waals surface area contributed by atoms with Gasteiger partial charge in [0.2, 0.25) is 11.8 Å². The summed E-state index contributed by atoms with van der Waals surface area (Å²) in [4.78, 5) is 71.4. The third kappa shape index (κ3) is 16.4. The summed E-state index contributed by atoms with van der Waals surface area (Å²) in [5.41, 5.74) is -0.966. The van der Waals surface area contributed by atoms with Crippen LogP contribution in [0.2, 0.25) is 5.02 Å². The number of rotatable bonds is 14. The normalized spacial score (nSPS) is 29.3. The van der Waals surface area contributed by atoms with E-state index in [0.717, 1.165) is 43.2 Å². The molecule has 3 fully saturated rings. The number of benzene rings is 1. The van der Waals surface area contributed by atoms with Crippen LogP contribution in [0.25, 0.3) is 0 Å². The van der Waals surface area contributed by atoms with Crippen LogP contribution in [0, 0.1) is 11.8 Å². The molecule has 1 aromatic rings. The number of nitrogens with one attached hydrogen (secondary N) is 1. The number of amides is 3. The number of carbonyl (C=O) groups excluding carboxylic acids is 5. The van der Waals surface area contributed by atoms with Gasteiger partial charge in [-0.2, -0.15) is 0 Å². The standard InChI is InChI=1S/C54H82ClN3O11S2/c1-35-22-21-25-44(66-10)54(64)34-43(67-51(63)56-54)36(2)49-53(6,69-49)45(33-47(61)58(8)40-31-38(30-35)32-42(65-9)48(40)55)68-50(62)37(3)57(7)46(60)27-29-70-71-52(4,5)28-26-41(59)39-23-19-17-15-13-11-12-14-16-18-20-24-39/h21-22,25,31-32,36-37,39,43-45,49,64H,11-20,23-24,26-30,33-34H2,1-10H3,(H,56,63)/b25-21+,35-22+/t36-,37+,43+,44-,45+,49+,53+,54+/m0/s1. The lowest BCUT2D eigenvalue weighted by atomic mass is 9.83. The maximum atomic E-state index is 14.4. The highest BCUT2D eigenvalue weighted by Gasteiger charge is 2.64. The van der Waals surface area contributed by atoms with Crippen LogP contribution in [-0.2, 0) is 44.5 Å². The van der Waals surface area contributed by atoms with Crippen molar-refractivity contribution in [2.75, 3.05) is 39.0 Å². The highest BCUT2D eigenvalue weighted by atomic mass is 35.5. The molecule has 0 aromatic heterocycles. The molecule has 0 spiro atoms. The van der Waals surface area contributed by atoms with Crippen LogP contribution in [0.1, 0.15) is 156 Å². The zero-order chi connectivity index (χ0) is 52.1. The van der Waals surface area contributed by atoms with Crippen LogP contribution in [-0.4, -0.2) is 120 Å². The van der Waals surface area contributed by atoms with Crippen molar-refractivity contribution in [3.8, 4) is 5.75 Å². The van der Waals surface area contributed by atoms with E-state index in [9.17, 15) is 29.1 Å². The number of epoxide rings is 1. The number of methoxy groups -OCH3 is 2. The van der Waals surface area contributed by atoms with E-state index < -0.39 is 65.7 Å². The molecule has 3 heterocycles.